The smallest absolute Gasteiger partial charge is 0.0375 e. The van der Waals surface area contributed by atoms with Gasteiger partial charge in [0.2, 0.25) is 0 Å². The lowest BCUT2D eigenvalue weighted by Gasteiger charge is -2.04. The Morgan fingerprint density at radius 2 is 1.85 bits per heavy atom. The maximum absolute atomic E-state index is 4.27. The van der Waals surface area contributed by atoms with Gasteiger partial charge in [-0.05, 0) is 39.2 Å². The molecular weight excluding hydrogens is 158 g/mol. The summed E-state index contributed by atoms with van der Waals surface area (Å²) < 4.78 is 0. The molecule has 0 heterocycles. The molecule has 0 amide bonds. The van der Waals surface area contributed by atoms with Crippen molar-refractivity contribution in [2.24, 2.45) is 10.9 Å². The van der Waals surface area contributed by atoms with Crippen LogP contribution in [-0.4, -0.2) is 5.71 Å². The first-order chi connectivity index (χ1) is 5.91. The molecule has 0 fully saturated rings. The summed E-state index contributed by atoms with van der Waals surface area (Å²) >= 11 is 0. The SMILES string of the molecule is C=C(C)N=C(C)/C=C(/C)CC(C)C. The highest BCUT2D eigenvalue weighted by molar-refractivity contribution is 5.93. The maximum atomic E-state index is 4.27. The zero-order chi connectivity index (χ0) is 10.4. The number of hydrogen-bond donors (Lipinski definition) is 0. The van der Waals surface area contributed by atoms with Gasteiger partial charge in [-0.2, -0.15) is 0 Å². The van der Waals surface area contributed by atoms with Crippen molar-refractivity contribution in [3.63, 3.8) is 0 Å². The van der Waals surface area contributed by atoms with Crippen LogP contribution < -0.4 is 0 Å². The molecule has 0 aromatic heterocycles. The quantitative estimate of drug-likeness (QED) is 0.579. The summed E-state index contributed by atoms with van der Waals surface area (Å²) in [7, 11) is 0. The van der Waals surface area contributed by atoms with E-state index in [4.69, 9.17) is 0 Å². The Morgan fingerprint density at radius 1 is 1.31 bits per heavy atom. The van der Waals surface area contributed by atoms with E-state index in [-0.39, 0.29) is 0 Å². The van der Waals surface area contributed by atoms with Crippen molar-refractivity contribution >= 4 is 5.71 Å². The van der Waals surface area contributed by atoms with Gasteiger partial charge in [-0.1, -0.05) is 26.0 Å². The fourth-order valence-corrected chi connectivity index (χ4v) is 1.39. The molecule has 0 rings (SSSR count). The molecule has 0 aliphatic heterocycles. The minimum Gasteiger partial charge on any atom is -0.259 e. The van der Waals surface area contributed by atoms with Crippen LogP contribution in [0.2, 0.25) is 0 Å². The van der Waals surface area contributed by atoms with Crippen molar-refractivity contribution in [2.45, 2.75) is 41.0 Å². The van der Waals surface area contributed by atoms with Crippen molar-refractivity contribution in [1.29, 1.82) is 0 Å². The number of aliphatic imine (C=N–C) groups is 1. The van der Waals surface area contributed by atoms with Gasteiger partial charge < -0.3 is 0 Å². The van der Waals surface area contributed by atoms with Gasteiger partial charge in [-0.3, -0.25) is 4.99 Å². The zero-order valence-corrected chi connectivity index (χ0v) is 9.52. The number of allylic oxidation sites excluding steroid dienone is 3. The summed E-state index contributed by atoms with van der Waals surface area (Å²) in [6.07, 6.45) is 3.28. The van der Waals surface area contributed by atoms with Crippen LogP contribution in [0.3, 0.4) is 0 Å². The molecule has 1 heteroatoms. The molecule has 0 aromatic rings. The van der Waals surface area contributed by atoms with E-state index in [1.165, 1.54) is 5.57 Å². The largest absolute Gasteiger partial charge is 0.259 e. The molecule has 0 saturated carbocycles. The van der Waals surface area contributed by atoms with E-state index >= 15 is 0 Å². The van der Waals surface area contributed by atoms with E-state index in [9.17, 15) is 0 Å². The number of hydrogen-bond acceptors (Lipinski definition) is 1. The van der Waals surface area contributed by atoms with E-state index in [1.807, 2.05) is 13.8 Å². The predicted octanol–water partition coefficient (Wildman–Crippen LogP) is 3.97. The van der Waals surface area contributed by atoms with Crippen molar-refractivity contribution in [3.8, 4) is 0 Å². The van der Waals surface area contributed by atoms with Gasteiger partial charge in [-0.15, -0.1) is 0 Å². The van der Waals surface area contributed by atoms with Gasteiger partial charge in [0.1, 0.15) is 0 Å². The average Bonchev–Trinajstić information content (AvgIpc) is 1.80. The van der Waals surface area contributed by atoms with Gasteiger partial charge in [0, 0.05) is 11.4 Å². The molecule has 0 aliphatic rings. The molecule has 0 aliphatic carbocycles. The Balaban J connectivity index is 4.29. The Hall–Kier alpha value is -0.850. The van der Waals surface area contributed by atoms with E-state index in [0.717, 1.165) is 17.8 Å². The van der Waals surface area contributed by atoms with Gasteiger partial charge in [0.05, 0.1) is 0 Å². The third kappa shape index (κ3) is 7.51. The molecule has 0 spiro atoms. The topological polar surface area (TPSA) is 12.4 Å². The first-order valence-electron chi connectivity index (χ1n) is 4.79. The highest BCUT2D eigenvalue weighted by atomic mass is 14.7. The normalized spacial score (nSPS) is 13.7. The molecule has 0 bridgehead atoms. The highest BCUT2D eigenvalue weighted by Crippen LogP contribution is 2.09. The molecule has 0 aromatic carbocycles. The van der Waals surface area contributed by atoms with Crippen LogP contribution in [0.25, 0.3) is 0 Å². The van der Waals surface area contributed by atoms with E-state index < -0.39 is 0 Å². The third-order valence-electron chi connectivity index (χ3n) is 1.55. The third-order valence-corrected chi connectivity index (χ3v) is 1.55. The minimum absolute atomic E-state index is 0.717. The van der Waals surface area contributed by atoms with Gasteiger partial charge >= 0.3 is 0 Å². The summed E-state index contributed by atoms with van der Waals surface area (Å²) in [4.78, 5) is 4.27. The second-order valence-electron chi connectivity index (χ2n) is 4.08. The molecular formula is C12H21N. The predicted molar refractivity (Wildman–Crippen MR) is 61.1 cm³/mol. The molecule has 1 nitrogen and oxygen atoms in total. The number of rotatable bonds is 4. The van der Waals surface area contributed by atoms with Crippen molar-refractivity contribution in [2.75, 3.05) is 0 Å². The van der Waals surface area contributed by atoms with E-state index in [2.05, 4.69) is 38.4 Å². The second kappa shape index (κ2) is 5.74. The standard InChI is InChI=1S/C12H21N/c1-9(2)7-11(5)8-12(6)13-10(3)4/h8-9H,3,7H2,1-2,4-6H3/b11-8-,13-12?. The Kier molecular flexibility index (Phi) is 5.36. The van der Waals surface area contributed by atoms with Crippen LogP contribution in [-0.2, 0) is 0 Å². The van der Waals surface area contributed by atoms with Crippen LogP contribution >= 0.6 is 0 Å². The maximum Gasteiger partial charge on any atom is 0.0375 e. The molecule has 0 unspecified atom stereocenters. The van der Waals surface area contributed by atoms with Crippen LogP contribution in [0.15, 0.2) is 28.9 Å². The van der Waals surface area contributed by atoms with Crippen LogP contribution in [0.4, 0.5) is 0 Å². The van der Waals surface area contributed by atoms with Crippen LogP contribution in [0.5, 0.6) is 0 Å². The lowest BCUT2D eigenvalue weighted by atomic mass is 10.0. The Bertz CT molecular complexity index is 232. The highest BCUT2D eigenvalue weighted by Gasteiger charge is 1.95. The lowest BCUT2D eigenvalue weighted by Crippen LogP contribution is -1.92. The summed E-state index contributed by atoms with van der Waals surface area (Å²) in [6, 6.07) is 0. The van der Waals surface area contributed by atoms with Crippen LogP contribution in [0, 0.1) is 5.92 Å². The van der Waals surface area contributed by atoms with Gasteiger partial charge in [0.15, 0.2) is 0 Å². The second-order valence-corrected chi connectivity index (χ2v) is 4.08. The molecule has 13 heavy (non-hydrogen) atoms. The average molecular weight is 179 g/mol. The van der Waals surface area contributed by atoms with Gasteiger partial charge in [0.25, 0.3) is 0 Å². The molecule has 0 radical (unpaired) electrons. The molecule has 74 valence electrons. The summed E-state index contributed by atoms with van der Waals surface area (Å²) in [5.74, 6) is 0.717. The lowest BCUT2D eigenvalue weighted by molar-refractivity contribution is 0.643. The minimum atomic E-state index is 0.717. The Labute approximate surface area is 82.3 Å². The Morgan fingerprint density at radius 3 is 2.23 bits per heavy atom. The molecule has 0 saturated heterocycles. The van der Waals surface area contributed by atoms with E-state index in [0.29, 0.717) is 5.92 Å². The van der Waals surface area contributed by atoms with Crippen molar-refractivity contribution in [3.05, 3.63) is 23.9 Å². The summed E-state index contributed by atoms with van der Waals surface area (Å²) in [5, 5.41) is 0. The van der Waals surface area contributed by atoms with Gasteiger partial charge in [-0.25, -0.2) is 0 Å². The summed E-state index contributed by atoms with van der Waals surface area (Å²) in [6.45, 7) is 14.3. The molecule has 0 N–H and O–H groups in total. The number of nitrogens with zero attached hydrogens (tertiary/aromatic N) is 1. The van der Waals surface area contributed by atoms with Crippen LogP contribution in [0.1, 0.15) is 41.0 Å². The van der Waals surface area contributed by atoms with Crippen molar-refractivity contribution in [1.82, 2.24) is 0 Å². The monoisotopic (exact) mass is 179 g/mol. The van der Waals surface area contributed by atoms with E-state index in [1.54, 1.807) is 0 Å². The summed E-state index contributed by atoms with van der Waals surface area (Å²) in [5.41, 5.74) is 3.30. The first-order valence-corrected chi connectivity index (χ1v) is 4.79. The molecule has 0 atom stereocenters. The fourth-order valence-electron chi connectivity index (χ4n) is 1.39. The fraction of sp³-hybridized carbons (Fsp3) is 0.583. The first kappa shape index (κ1) is 12.2. The van der Waals surface area contributed by atoms with Crippen molar-refractivity contribution < 1.29 is 0 Å². The zero-order valence-electron chi connectivity index (χ0n) is 9.52.